The Bertz CT molecular complexity index is 418. The maximum Gasteiger partial charge on any atom is 0.330 e. The molecule has 6 nitrogen and oxygen atoms in total. The zero-order chi connectivity index (χ0) is 13.6. The Morgan fingerprint density at radius 3 is 2.11 bits per heavy atom. The smallest absolute Gasteiger partial charge is 0.330 e. The SMILES string of the molecule is O=C1C2CCC(O2)C(=O)N1C1(C(=O)O)CCCCC1. The van der Waals surface area contributed by atoms with Crippen molar-refractivity contribution in [2.75, 3.05) is 0 Å². The van der Waals surface area contributed by atoms with E-state index in [4.69, 9.17) is 4.74 Å². The molecule has 3 aliphatic rings. The number of carbonyl (C=O) groups excluding carboxylic acids is 2. The molecule has 1 N–H and O–H groups in total. The Hall–Kier alpha value is -1.43. The zero-order valence-electron chi connectivity index (χ0n) is 10.6. The largest absolute Gasteiger partial charge is 0.479 e. The number of imide groups is 1. The summed E-state index contributed by atoms with van der Waals surface area (Å²) >= 11 is 0. The Morgan fingerprint density at radius 2 is 1.63 bits per heavy atom. The molecule has 19 heavy (non-hydrogen) atoms. The molecule has 0 aromatic heterocycles. The molecule has 0 radical (unpaired) electrons. The minimum Gasteiger partial charge on any atom is -0.479 e. The molecule has 0 aromatic carbocycles. The molecule has 104 valence electrons. The summed E-state index contributed by atoms with van der Waals surface area (Å²) in [7, 11) is 0. The standard InChI is InChI=1S/C13H17NO5/c15-10-8-4-5-9(19-8)11(16)14(10)13(12(17)18)6-2-1-3-7-13/h8-9H,1-7H2,(H,17,18). The number of likely N-dealkylation sites (tertiary alicyclic amines) is 1. The Labute approximate surface area is 110 Å². The van der Waals surface area contributed by atoms with Crippen LogP contribution in [0.5, 0.6) is 0 Å². The van der Waals surface area contributed by atoms with Gasteiger partial charge >= 0.3 is 5.97 Å². The highest BCUT2D eigenvalue weighted by atomic mass is 16.5. The van der Waals surface area contributed by atoms with Crippen molar-refractivity contribution >= 4 is 17.8 Å². The minimum absolute atomic E-state index is 0.360. The van der Waals surface area contributed by atoms with Gasteiger partial charge in [0.2, 0.25) is 0 Å². The lowest BCUT2D eigenvalue weighted by atomic mass is 9.79. The van der Waals surface area contributed by atoms with Gasteiger partial charge < -0.3 is 9.84 Å². The summed E-state index contributed by atoms with van der Waals surface area (Å²) in [5.74, 6) is -1.97. The van der Waals surface area contributed by atoms with E-state index in [2.05, 4.69) is 0 Å². The molecular weight excluding hydrogens is 250 g/mol. The van der Waals surface area contributed by atoms with Gasteiger partial charge in [-0.05, 0) is 25.7 Å². The number of carboxylic acids is 1. The van der Waals surface area contributed by atoms with E-state index in [-0.39, 0.29) is 0 Å². The van der Waals surface area contributed by atoms with Crippen molar-refractivity contribution in [2.24, 2.45) is 0 Å². The van der Waals surface area contributed by atoms with E-state index >= 15 is 0 Å². The predicted octanol–water partition coefficient (Wildman–Crippen LogP) is 0.690. The number of morpholine rings is 1. The van der Waals surface area contributed by atoms with Gasteiger partial charge in [0.15, 0.2) is 0 Å². The molecule has 2 amide bonds. The molecule has 0 aromatic rings. The van der Waals surface area contributed by atoms with Crippen LogP contribution < -0.4 is 0 Å². The molecule has 3 rings (SSSR count). The van der Waals surface area contributed by atoms with E-state index < -0.39 is 35.5 Å². The van der Waals surface area contributed by atoms with Crippen molar-refractivity contribution < 1.29 is 24.2 Å². The first-order valence-electron chi connectivity index (χ1n) is 6.83. The number of nitrogens with zero attached hydrogens (tertiary/aromatic N) is 1. The molecule has 2 atom stereocenters. The molecule has 3 fully saturated rings. The van der Waals surface area contributed by atoms with Crippen molar-refractivity contribution in [3.63, 3.8) is 0 Å². The lowest BCUT2D eigenvalue weighted by Gasteiger charge is -2.44. The van der Waals surface area contributed by atoms with Crippen molar-refractivity contribution in [1.29, 1.82) is 0 Å². The summed E-state index contributed by atoms with van der Waals surface area (Å²) in [6.45, 7) is 0. The average Bonchev–Trinajstić information content (AvgIpc) is 2.84. The quantitative estimate of drug-likeness (QED) is 0.744. The van der Waals surface area contributed by atoms with Gasteiger partial charge in [0.1, 0.15) is 17.7 Å². The normalized spacial score (nSPS) is 33.6. The first-order chi connectivity index (χ1) is 9.06. The number of hydrogen-bond acceptors (Lipinski definition) is 4. The number of ether oxygens (including phenoxy) is 1. The summed E-state index contributed by atoms with van der Waals surface area (Å²) in [5.41, 5.74) is -1.34. The van der Waals surface area contributed by atoms with E-state index in [1.165, 1.54) is 0 Å². The second-order valence-corrected chi connectivity index (χ2v) is 5.60. The lowest BCUT2D eigenvalue weighted by molar-refractivity contribution is -0.186. The number of carboxylic acid groups (broad SMARTS) is 1. The minimum atomic E-state index is -1.34. The van der Waals surface area contributed by atoms with Gasteiger partial charge in [-0.3, -0.25) is 14.5 Å². The Morgan fingerprint density at radius 1 is 1.11 bits per heavy atom. The second-order valence-electron chi connectivity index (χ2n) is 5.60. The highest BCUT2D eigenvalue weighted by Gasteiger charge is 2.57. The summed E-state index contributed by atoms with van der Waals surface area (Å²) < 4.78 is 5.33. The van der Waals surface area contributed by atoms with Crippen LogP contribution in [0.4, 0.5) is 0 Å². The number of rotatable bonds is 2. The fraction of sp³-hybridized carbons (Fsp3) is 0.769. The van der Waals surface area contributed by atoms with Gasteiger partial charge in [-0.1, -0.05) is 19.3 Å². The third-order valence-electron chi connectivity index (χ3n) is 4.52. The van der Waals surface area contributed by atoms with Crippen LogP contribution in [-0.2, 0) is 19.1 Å². The third-order valence-corrected chi connectivity index (χ3v) is 4.52. The zero-order valence-corrected chi connectivity index (χ0v) is 10.6. The van der Waals surface area contributed by atoms with Crippen molar-refractivity contribution in [3.8, 4) is 0 Å². The third kappa shape index (κ3) is 1.69. The molecule has 1 saturated carbocycles. The molecular formula is C13H17NO5. The Kier molecular flexibility index (Phi) is 2.85. The monoisotopic (exact) mass is 267 g/mol. The highest BCUT2D eigenvalue weighted by Crippen LogP contribution is 2.39. The number of aliphatic carboxylic acids is 1. The van der Waals surface area contributed by atoms with Gasteiger partial charge in [0, 0.05) is 0 Å². The summed E-state index contributed by atoms with van der Waals surface area (Å²) in [6.07, 6.45) is 2.93. The van der Waals surface area contributed by atoms with Crippen molar-refractivity contribution in [2.45, 2.75) is 62.7 Å². The van der Waals surface area contributed by atoms with Gasteiger partial charge in [0.25, 0.3) is 11.8 Å². The summed E-state index contributed by atoms with van der Waals surface area (Å²) in [6, 6.07) is 0. The van der Waals surface area contributed by atoms with Crippen LogP contribution in [0.3, 0.4) is 0 Å². The van der Waals surface area contributed by atoms with E-state index in [0.29, 0.717) is 25.7 Å². The van der Waals surface area contributed by atoms with E-state index in [9.17, 15) is 19.5 Å². The number of amides is 2. The molecule has 6 heteroatoms. The number of carbonyl (C=O) groups is 3. The fourth-order valence-electron chi connectivity index (χ4n) is 3.49. The van der Waals surface area contributed by atoms with Gasteiger partial charge in [-0.2, -0.15) is 0 Å². The van der Waals surface area contributed by atoms with Crippen LogP contribution >= 0.6 is 0 Å². The topological polar surface area (TPSA) is 83.9 Å². The van der Waals surface area contributed by atoms with E-state index in [1.807, 2.05) is 0 Å². The van der Waals surface area contributed by atoms with Crippen molar-refractivity contribution in [3.05, 3.63) is 0 Å². The lowest BCUT2D eigenvalue weighted by Crippen LogP contribution is -2.66. The average molecular weight is 267 g/mol. The first-order valence-corrected chi connectivity index (χ1v) is 6.83. The molecule has 2 bridgehead atoms. The van der Waals surface area contributed by atoms with Crippen LogP contribution in [0.25, 0.3) is 0 Å². The fourth-order valence-corrected chi connectivity index (χ4v) is 3.49. The van der Waals surface area contributed by atoms with Gasteiger partial charge in [0.05, 0.1) is 0 Å². The van der Waals surface area contributed by atoms with Crippen LogP contribution in [0.15, 0.2) is 0 Å². The number of hydrogen-bond donors (Lipinski definition) is 1. The molecule has 1 aliphatic carbocycles. The maximum absolute atomic E-state index is 12.3. The summed E-state index contributed by atoms with van der Waals surface area (Å²) in [5, 5.41) is 9.58. The van der Waals surface area contributed by atoms with Crippen LogP contribution in [-0.4, -0.2) is 45.5 Å². The second kappa shape index (κ2) is 4.30. The number of fused-ring (bicyclic) bond motifs is 2. The Balaban J connectivity index is 1.99. The van der Waals surface area contributed by atoms with Crippen LogP contribution in [0.1, 0.15) is 44.9 Å². The van der Waals surface area contributed by atoms with Crippen LogP contribution in [0, 0.1) is 0 Å². The molecule has 0 spiro atoms. The predicted molar refractivity (Wildman–Crippen MR) is 63.2 cm³/mol. The molecule has 2 saturated heterocycles. The maximum atomic E-state index is 12.3. The van der Waals surface area contributed by atoms with E-state index in [0.717, 1.165) is 24.2 Å². The van der Waals surface area contributed by atoms with Gasteiger partial charge in [-0.15, -0.1) is 0 Å². The van der Waals surface area contributed by atoms with Gasteiger partial charge in [-0.25, -0.2) is 4.79 Å². The summed E-state index contributed by atoms with van der Waals surface area (Å²) in [4.78, 5) is 37.4. The van der Waals surface area contributed by atoms with Crippen molar-refractivity contribution in [1.82, 2.24) is 4.90 Å². The molecule has 2 unspecified atom stereocenters. The molecule has 2 heterocycles. The van der Waals surface area contributed by atoms with E-state index in [1.54, 1.807) is 0 Å². The molecule has 2 aliphatic heterocycles. The highest BCUT2D eigenvalue weighted by molar-refractivity contribution is 6.06. The van der Waals surface area contributed by atoms with Crippen LogP contribution in [0.2, 0.25) is 0 Å². The first kappa shape index (κ1) is 12.6.